The number of aryl methyl sites for hydroxylation is 2. The zero-order valence-electron chi connectivity index (χ0n) is 9.88. The molecule has 0 atom stereocenters. The van der Waals surface area contributed by atoms with Crippen LogP contribution in [0.25, 0.3) is 0 Å². The Morgan fingerprint density at radius 1 is 1.31 bits per heavy atom. The highest BCUT2D eigenvalue weighted by Crippen LogP contribution is 2.22. The minimum atomic E-state index is 0.211. The van der Waals surface area contributed by atoms with Crippen molar-refractivity contribution in [3.8, 4) is 0 Å². The third-order valence-electron chi connectivity index (χ3n) is 3.13. The Kier molecular flexibility index (Phi) is 3.73. The van der Waals surface area contributed by atoms with E-state index < -0.39 is 0 Å². The number of carbonyl (C=O) groups is 1. The van der Waals surface area contributed by atoms with E-state index >= 15 is 0 Å². The van der Waals surface area contributed by atoms with E-state index in [1.165, 1.54) is 24.0 Å². The van der Waals surface area contributed by atoms with Crippen LogP contribution in [-0.2, 0) is 12.8 Å². The minimum Gasteiger partial charge on any atom is -0.310 e. The molecule has 0 heterocycles. The summed E-state index contributed by atoms with van der Waals surface area (Å²) in [5, 5.41) is 3.15. The average Bonchev–Trinajstić information content (AvgIpc) is 2.76. The van der Waals surface area contributed by atoms with Crippen LogP contribution in [0.4, 0.5) is 0 Å². The van der Waals surface area contributed by atoms with Crippen molar-refractivity contribution in [1.82, 2.24) is 5.32 Å². The molecular weight excluding hydrogens is 198 g/mol. The maximum Gasteiger partial charge on any atom is 0.176 e. The molecular formula is C14H19NO. The molecule has 0 aromatic heterocycles. The first kappa shape index (κ1) is 11.3. The molecule has 0 spiro atoms. The predicted octanol–water partition coefficient (Wildman–Crippen LogP) is 2.36. The van der Waals surface area contributed by atoms with Crippen LogP contribution in [-0.4, -0.2) is 18.9 Å². The third-order valence-corrected chi connectivity index (χ3v) is 3.13. The lowest BCUT2D eigenvalue weighted by Crippen LogP contribution is -2.23. The summed E-state index contributed by atoms with van der Waals surface area (Å²) in [4.78, 5) is 11.9. The lowest BCUT2D eigenvalue weighted by molar-refractivity contribution is 0.0991. The van der Waals surface area contributed by atoms with Gasteiger partial charge in [-0.25, -0.2) is 0 Å². The van der Waals surface area contributed by atoms with Crippen molar-refractivity contribution >= 4 is 5.78 Å². The average molecular weight is 217 g/mol. The van der Waals surface area contributed by atoms with E-state index in [2.05, 4.69) is 24.4 Å². The Balaban J connectivity index is 2.01. The molecule has 0 bridgehead atoms. The molecule has 0 saturated carbocycles. The molecule has 0 unspecified atom stereocenters. The van der Waals surface area contributed by atoms with Gasteiger partial charge in [0, 0.05) is 5.56 Å². The zero-order chi connectivity index (χ0) is 11.4. The first-order chi connectivity index (χ1) is 7.81. The van der Waals surface area contributed by atoms with Crippen LogP contribution >= 0.6 is 0 Å². The molecule has 2 nitrogen and oxygen atoms in total. The Labute approximate surface area is 97.1 Å². The molecule has 1 N–H and O–H groups in total. The van der Waals surface area contributed by atoms with Gasteiger partial charge >= 0.3 is 0 Å². The van der Waals surface area contributed by atoms with Crippen LogP contribution in [0.1, 0.15) is 41.3 Å². The number of rotatable bonds is 5. The Morgan fingerprint density at radius 3 is 2.94 bits per heavy atom. The maximum atomic E-state index is 11.9. The minimum absolute atomic E-state index is 0.211. The van der Waals surface area contributed by atoms with Crippen molar-refractivity contribution < 1.29 is 4.79 Å². The van der Waals surface area contributed by atoms with Crippen molar-refractivity contribution in [2.24, 2.45) is 0 Å². The van der Waals surface area contributed by atoms with Crippen LogP contribution in [0.2, 0.25) is 0 Å². The number of Topliss-reactive ketones (excluding diaryl/α,β-unsaturated/α-hetero) is 1. The number of ketones is 1. The normalized spacial score (nSPS) is 13.8. The Bertz CT molecular complexity index is 384. The summed E-state index contributed by atoms with van der Waals surface area (Å²) in [6.07, 6.45) is 4.62. The van der Waals surface area contributed by atoms with Crippen LogP contribution in [0, 0.1) is 0 Å². The fourth-order valence-corrected chi connectivity index (χ4v) is 2.23. The van der Waals surface area contributed by atoms with Gasteiger partial charge in [-0.2, -0.15) is 0 Å². The van der Waals surface area contributed by atoms with E-state index in [0.29, 0.717) is 6.54 Å². The van der Waals surface area contributed by atoms with Gasteiger partial charge in [-0.15, -0.1) is 0 Å². The Hall–Kier alpha value is -1.15. The lowest BCUT2D eigenvalue weighted by atomic mass is 10.0. The van der Waals surface area contributed by atoms with E-state index in [4.69, 9.17) is 0 Å². The molecule has 2 rings (SSSR count). The highest BCUT2D eigenvalue weighted by molar-refractivity contribution is 5.97. The summed E-state index contributed by atoms with van der Waals surface area (Å²) in [5.41, 5.74) is 3.67. The molecule has 1 aliphatic carbocycles. The Morgan fingerprint density at radius 2 is 2.12 bits per heavy atom. The highest BCUT2D eigenvalue weighted by Gasteiger charge is 2.13. The second-order valence-electron chi connectivity index (χ2n) is 4.44. The first-order valence-corrected chi connectivity index (χ1v) is 6.17. The van der Waals surface area contributed by atoms with Gasteiger partial charge in [0.15, 0.2) is 5.78 Å². The van der Waals surface area contributed by atoms with E-state index in [0.717, 1.165) is 24.9 Å². The fourth-order valence-electron chi connectivity index (χ4n) is 2.23. The van der Waals surface area contributed by atoms with Crippen LogP contribution < -0.4 is 5.32 Å². The second kappa shape index (κ2) is 5.26. The van der Waals surface area contributed by atoms with E-state index in [9.17, 15) is 4.79 Å². The topological polar surface area (TPSA) is 29.1 Å². The largest absolute Gasteiger partial charge is 0.310 e. The number of fused-ring (bicyclic) bond motifs is 1. The number of nitrogens with one attached hydrogen (secondary N) is 1. The molecule has 1 aromatic carbocycles. The van der Waals surface area contributed by atoms with Crippen LogP contribution in [0.15, 0.2) is 18.2 Å². The zero-order valence-corrected chi connectivity index (χ0v) is 9.88. The molecule has 0 saturated heterocycles. The number of benzene rings is 1. The highest BCUT2D eigenvalue weighted by atomic mass is 16.1. The maximum absolute atomic E-state index is 11.9. The summed E-state index contributed by atoms with van der Waals surface area (Å²) in [7, 11) is 0. The first-order valence-electron chi connectivity index (χ1n) is 6.17. The number of carbonyl (C=O) groups excluding carboxylic acids is 1. The van der Waals surface area contributed by atoms with Gasteiger partial charge in [0.05, 0.1) is 6.54 Å². The smallest absolute Gasteiger partial charge is 0.176 e. The van der Waals surface area contributed by atoms with E-state index in [-0.39, 0.29) is 5.78 Å². The quantitative estimate of drug-likeness (QED) is 0.606. The molecule has 0 fully saturated rings. The molecule has 0 aliphatic heterocycles. The summed E-state index contributed by atoms with van der Waals surface area (Å²) in [5.74, 6) is 0.211. The molecule has 0 radical (unpaired) electrons. The molecule has 86 valence electrons. The van der Waals surface area contributed by atoms with Crippen LogP contribution in [0.5, 0.6) is 0 Å². The van der Waals surface area contributed by atoms with Gasteiger partial charge in [-0.3, -0.25) is 4.79 Å². The number of hydrogen-bond acceptors (Lipinski definition) is 2. The van der Waals surface area contributed by atoms with Gasteiger partial charge in [0.1, 0.15) is 0 Å². The van der Waals surface area contributed by atoms with Crippen LogP contribution in [0.3, 0.4) is 0 Å². The van der Waals surface area contributed by atoms with Gasteiger partial charge < -0.3 is 5.32 Å². The van der Waals surface area contributed by atoms with Gasteiger partial charge in [-0.1, -0.05) is 19.1 Å². The lowest BCUT2D eigenvalue weighted by Gasteiger charge is -2.05. The molecule has 0 amide bonds. The van der Waals surface area contributed by atoms with Crippen molar-refractivity contribution in [2.75, 3.05) is 13.1 Å². The van der Waals surface area contributed by atoms with Crippen molar-refractivity contribution in [3.63, 3.8) is 0 Å². The van der Waals surface area contributed by atoms with E-state index in [1.54, 1.807) is 0 Å². The second-order valence-corrected chi connectivity index (χ2v) is 4.44. The molecule has 2 heteroatoms. The van der Waals surface area contributed by atoms with Gasteiger partial charge in [-0.05, 0) is 49.4 Å². The van der Waals surface area contributed by atoms with Gasteiger partial charge in [0.25, 0.3) is 0 Å². The summed E-state index contributed by atoms with van der Waals surface area (Å²) in [6.45, 7) is 3.48. The third kappa shape index (κ3) is 2.50. The predicted molar refractivity (Wildman–Crippen MR) is 66.0 cm³/mol. The molecule has 1 aromatic rings. The molecule has 16 heavy (non-hydrogen) atoms. The monoisotopic (exact) mass is 217 g/mol. The van der Waals surface area contributed by atoms with Crippen molar-refractivity contribution in [3.05, 3.63) is 34.9 Å². The van der Waals surface area contributed by atoms with Crippen molar-refractivity contribution in [1.29, 1.82) is 0 Å². The fraction of sp³-hybridized carbons (Fsp3) is 0.500. The SMILES string of the molecule is CCCNCC(=O)c1ccc2c(c1)CCC2. The number of hydrogen-bond donors (Lipinski definition) is 1. The summed E-state index contributed by atoms with van der Waals surface area (Å²) < 4.78 is 0. The molecule has 1 aliphatic rings. The van der Waals surface area contributed by atoms with Crippen molar-refractivity contribution in [2.45, 2.75) is 32.6 Å². The van der Waals surface area contributed by atoms with Gasteiger partial charge in [0.2, 0.25) is 0 Å². The summed E-state index contributed by atoms with van der Waals surface area (Å²) in [6, 6.07) is 6.17. The summed E-state index contributed by atoms with van der Waals surface area (Å²) >= 11 is 0. The van der Waals surface area contributed by atoms with E-state index in [1.807, 2.05) is 6.07 Å². The standard InChI is InChI=1S/C14H19NO/c1-2-8-15-10-14(16)13-7-6-11-4-3-5-12(11)9-13/h6-7,9,15H,2-5,8,10H2,1H3.